The number of hydrogen-bond donors (Lipinski definition) is 2. The maximum Gasteiger partial charge on any atom is 0.336 e. The summed E-state index contributed by atoms with van der Waals surface area (Å²) in [5.41, 5.74) is 2.27. The van der Waals surface area contributed by atoms with Crippen LogP contribution in [-0.2, 0) is 16.1 Å². The van der Waals surface area contributed by atoms with E-state index >= 15 is 0 Å². The zero-order valence-electron chi connectivity index (χ0n) is 22.0. The quantitative estimate of drug-likeness (QED) is 0.349. The fourth-order valence-electron chi connectivity index (χ4n) is 4.61. The second-order valence-electron chi connectivity index (χ2n) is 9.90. The Balaban J connectivity index is 1.50. The molecule has 0 spiro atoms. The number of carbonyl (C=O) groups excluding carboxylic acids is 1. The van der Waals surface area contributed by atoms with Crippen molar-refractivity contribution in [3.05, 3.63) is 65.0 Å². The van der Waals surface area contributed by atoms with Gasteiger partial charge >= 0.3 is 12.0 Å². The molecule has 1 aliphatic carbocycles. The molecule has 202 valence electrons. The van der Waals surface area contributed by atoms with Crippen LogP contribution in [-0.4, -0.2) is 53.9 Å². The Kier molecular flexibility index (Phi) is 10.9. The van der Waals surface area contributed by atoms with Gasteiger partial charge < -0.3 is 24.8 Å². The number of urea groups is 1. The van der Waals surface area contributed by atoms with Crippen molar-refractivity contribution in [1.82, 2.24) is 4.90 Å². The van der Waals surface area contributed by atoms with Gasteiger partial charge in [0.05, 0.1) is 31.0 Å². The van der Waals surface area contributed by atoms with Crippen LogP contribution in [0, 0.1) is 18.7 Å². The molecule has 3 atom stereocenters. The first-order chi connectivity index (χ1) is 17.8. The van der Waals surface area contributed by atoms with Gasteiger partial charge in [0.25, 0.3) is 0 Å². The second-order valence-corrected chi connectivity index (χ2v) is 9.90. The maximum atomic E-state index is 13.2. The van der Waals surface area contributed by atoms with Crippen molar-refractivity contribution in [2.75, 3.05) is 25.0 Å². The van der Waals surface area contributed by atoms with Gasteiger partial charge in [-0.3, -0.25) is 0 Å². The molecule has 7 nitrogen and oxygen atoms in total. The van der Waals surface area contributed by atoms with Crippen LogP contribution >= 0.6 is 0 Å². The van der Waals surface area contributed by atoms with E-state index in [1.807, 2.05) is 6.07 Å². The van der Waals surface area contributed by atoms with Crippen molar-refractivity contribution in [2.24, 2.45) is 5.92 Å². The number of anilines is 1. The number of nitrogens with one attached hydrogen (secondary N) is 1. The molecule has 0 heterocycles. The summed E-state index contributed by atoms with van der Waals surface area (Å²) < 4.78 is 25.5. The Hall–Kier alpha value is -2.97. The molecule has 0 bridgehead atoms. The van der Waals surface area contributed by atoms with E-state index in [0.717, 1.165) is 37.7 Å². The summed E-state index contributed by atoms with van der Waals surface area (Å²) in [5, 5.41) is 12.4. The van der Waals surface area contributed by atoms with Gasteiger partial charge in [-0.2, -0.15) is 0 Å². The predicted octanol–water partition coefficient (Wildman–Crippen LogP) is 6.26. The first kappa shape index (κ1) is 28.6. The molecule has 2 aromatic rings. The van der Waals surface area contributed by atoms with Gasteiger partial charge in [0.1, 0.15) is 5.82 Å². The zero-order chi connectivity index (χ0) is 26.8. The molecular formula is C29H39FN2O5. The first-order valence-electron chi connectivity index (χ1n) is 13.1. The van der Waals surface area contributed by atoms with Crippen LogP contribution in [0.25, 0.3) is 0 Å². The van der Waals surface area contributed by atoms with E-state index in [1.165, 1.54) is 12.1 Å². The third-order valence-electron chi connectivity index (χ3n) is 6.95. The largest absolute Gasteiger partial charge is 0.478 e. The van der Waals surface area contributed by atoms with Crippen molar-refractivity contribution in [1.29, 1.82) is 0 Å². The Morgan fingerprint density at radius 1 is 1.14 bits per heavy atom. The van der Waals surface area contributed by atoms with E-state index in [4.69, 9.17) is 9.47 Å². The lowest BCUT2D eigenvalue weighted by atomic mass is 9.94. The summed E-state index contributed by atoms with van der Waals surface area (Å²) in [7, 11) is 0. The molecule has 2 aromatic carbocycles. The molecule has 3 rings (SSSR count). The molecule has 1 aliphatic rings. The van der Waals surface area contributed by atoms with Crippen molar-refractivity contribution >= 4 is 17.7 Å². The normalized spacial score (nSPS) is 18.3. The molecule has 37 heavy (non-hydrogen) atoms. The highest BCUT2D eigenvalue weighted by molar-refractivity contribution is 5.91. The lowest BCUT2D eigenvalue weighted by Crippen LogP contribution is -2.41. The monoisotopic (exact) mass is 514 g/mol. The highest BCUT2D eigenvalue weighted by Crippen LogP contribution is 2.25. The topological polar surface area (TPSA) is 88.1 Å². The number of rotatable bonds is 12. The van der Waals surface area contributed by atoms with Crippen molar-refractivity contribution in [3.8, 4) is 0 Å². The van der Waals surface area contributed by atoms with Gasteiger partial charge in [-0.25, -0.2) is 14.0 Å². The number of aryl methyl sites for hydroxylation is 1. The second kappa shape index (κ2) is 14.1. The Morgan fingerprint density at radius 2 is 1.84 bits per heavy atom. The summed E-state index contributed by atoms with van der Waals surface area (Å²) in [5.74, 6) is -0.949. The summed E-state index contributed by atoms with van der Waals surface area (Å²) in [6.45, 7) is 7.71. The number of carboxylic acids is 1. The number of hydrogen-bond acceptors (Lipinski definition) is 4. The van der Waals surface area contributed by atoms with Crippen LogP contribution in [0.3, 0.4) is 0 Å². The third-order valence-corrected chi connectivity index (χ3v) is 6.95. The Morgan fingerprint density at radius 3 is 2.51 bits per heavy atom. The third kappa shape index (κ3) is 8.83. The minimum atomic E-state index is -0.938. The average Bonchev–Trinajstić information content (AvgIpc) is 2.88. The molecule has 8 heteroatoms. The van der Waals surface area contributed by atoms with E-state index in [2.05, 4.69) is 19.2 Å². The number of carbonyl (C=O) groups is 2. The number of amides is 2. The molecule has 2 amide bonds. The van der Waals surface area contributed by atoms with Crippen molar-refractivity contribution < 1.29 is 28.6 Å². The number of halogens is 1. The van der Waals surface area contributed by atoms with Gasteiger partial charge in [-0.1, -0.05) is 38.5 Å². The Labute approximate surface area is 219 Å². The SMILES string of the molecule is CCC(C)CN(CCO[C@@H]1CCC[C@H](OCc2cccc(C)c2C(=O)O)C1)C(=O)Nc1ccc(F)cc1. The highest BCUT2D eigenvalue weighted by Gasteiger charge is 2.25. The number of aromatic carboxylic acids is 1. The fourth-order valence-corrected chi connectivity index (χ4v) is 4.61. The van der Waals surface area contributed by atoms with E-state index in [0.29, 0.717) is 42.4 Å². The molecule has 1 fully saturated rings. The minimum Gasteiger partial charge on any atom is -0.478 e. The average molecular weight is 515 g/mol. The smallest absolute Gasteiger partial charge is 0.336 e. The van der Waals surface area contributed by atoms with Crippen LogP contribution in [0.15, 0.2) is 42.5 Å². The van der Waals surface area contributed by atoms with Crippen LogP contribution < -0.4 is 5.32 Å². The van der Waals surface area contributed by atoms with E-state index in [9.17, 15) is 19.1 Å². The number of benzene rings is 2. The molecule has 0 aliphatic heterocycles. The highest BCUT2D eigenvalue weighted by atomic mass is 19.1. The number of nitrogens with zero attached hydrogens (tertiary/aromatic N) is 1. The maximum absolute atomic E-state index is 13.2. The van der Waals surface area contributed by atoms with Gasteiger partial charge in [0.2, 0.25) is 0 Å². The first-order valence-corrected chi connectivity index (χ1v) is 13.1. The van der Waals surface area contributed by atoms with Gasteiger partial charge in [-0.05, 0) is 73.9 Å². The summed E-state index contributed by atoms with van der Waals surface area (Å²) >= 11 is 0. The molecule has 1 unspecified atom stereocenters. The standard InChI is InChI=1S/C29H39FN2O5/c1-4-20(2)18-32(29(35)31-24-13-11-23(30)12-14-24)15-16-36-25-9-6-10-26(17-25)37-19-22-8-5-7-21(3)27(22)28(33)34/h5,7-8,11-14,20,25-26H,4,6,9-10,15-19H2,1-3H3,(H,31,35)(H,33,34)/t20?,25-,26+/m1/s1. The predicted molar refractivity (Wildman–Crippen MR) is 141 cm³/mol. The van der Waals surface area contributed by atoms with Crippen LogP contribution in [0.4, 0.5) is 14.9 Å². The van der Waals surface area contributed by atoms with E-state index in [-0.39, 0.29) is 30.7 Å². The van der Waals surface area contributed by atoms with E-state index < -0.39 is 5.97 Å². The summed E-state index contributed by atoms with van der Waals surface area (Å²) in [4.78, 5) is 26.3. The zero-order valence-corrected chi connectivity index (χ0v) is 22.0. The van der Waals surface area contributed by atoms with Gasteiger partial charge in [0.15, 0.2) is 0 Å². The van der Waals surface area contributed by atoms with Crippen LogP contribution in [0.5, 0.6) is 0 Å². The lowest BCUT2D eigenvalue weighted by molar-refractivity contribution is -0.0525. The van der Waals surface area contributed by atoms with Crippen LogP contribution in [0.1, 0.15) is 67.4 Å². The molecule has 0 saturated heterocycles. The van der Waals surface area contributed by atoms with Gasteiger partial charge in [-0.15, -0.1) is 0 Å². The minimum absolute atomic E-state index is 0.00102. The molecular weight excluding hydrogens is 475 g/mol. The van der Waals surface area contributed by atoms with E-state index in [1.54, 1.807) is 36.1 Å². The fraction of sp³-hybridized carbons (Fsp3) is 0.517. The number of carboxylic acid groups (broad SMARTS) is 1. The van der Waals surface area contributed by atoms with Crippen molar-refractivity contribution in [2.45, 2.75) is 71.7 Å². The number of ether oxygens (including phenoxy) is 2. The lowest BCUT2D eigenvalue weighted by Gasteiger charge is -2.31. The summed E-state index contributed by atoms with van der Waals surface area (Å²) in [6.07, 6.45) is 4.52. The Bertz CT molecular complexity index is 1030. The molecule has 1 saturated carbocycles. The van der Waals surface area contributed by atoms with Gasteiger partial charge in [0, 0.05) is 18.8 Å². The molecule has 2 N–H and O–H groups in total. The molecule has 0 radical (unpaired) electrons. The van der Waals surface area contributed by atoms with Crippen molar-refractivity contribution in [3.63, 3.8) is 0 Å². The summed E-state index contributed by atoms with van der Waals surface area (Å²) in [6, 6.07) is 10.9. The van der Waals surface area contributed by atoms with Crippen LogP contribution in [0.2, 0.25) is 0 Å². The molecule has 0 aromatic heterocycles.